The Morgan fingerprint density at radius 3 is 2.63 bits per heavy atom. The predicted octanol–water partition coefficient (Wildman–Crippen LogP) is 4.17. The Bertz CT molecular complexity index is 804. The largest absolute Gasteiger partial charge is 0.483 e. The fourth-order valence-electron chi connectivity index (χ4n) is 2.93. The van der Waals surface area contributed by atoms with E-state index in [9.17, 15) is 9.59 Å². The number of cyclic esters (lactones) is 1. The number of nitrogens with zero attached hydrogens (tertiary/aromatic N) is 1. The second-order valence-corrected chi connectivity index (χ2v) is 6.50. The number of benzene rings is 2. The molecule has 1 aliphatic rings. The third-order valence-corrected chi connectivity index (χ3v) is 4.64. The van der Waals surface area contributed by atoms with Gasteiger partial charge in [0.1, 0.15) is 12.4 Å². The van der Waals surface area contributed by atoms with Crippen molar-refractivity contribution in [3.63, 3.8) is 0 Å². The minimum absolute atomic E-state index is 0.0619. The first-order chi connectivity index (χ1) is 13.1. The van der Waals surface area contributed by atoms with Crippen molar-refractivity contribution < 1.29 is 19.1 Å². The Balaban J connectivity index is 1.56. The molecule has 1 N–H and O–H groups in total. The molecule has 2 aromatic rings. The molecule has 1 aliphatic heterocycles. The molecule has 0 saturated carbocycles. The first-order valence-electron chi connectivity index (χ1n) is 9.14. The number of nitrogens with one attached hydrogen (secondary N) is 1. The number of rotatable bonds is 7. The predicted molar refractivity (Wildman–Crippen MR) is 104 cm³/mol. The van der Waals surface area contributed by atoms with Crippen LogP contribution in [0.3, 0.4) is 0 Å². The van der Waals surface area contributed by atoms with E-state index in [-0.39, 0.29) is 18.6 Å². The van der Waals surface area contributed by atoms with Crippen LogP contribution in [0.4, 0.5) is 16.2 Å². The van der Waals surface area contributed by atoms with Crippen LogP contribution in [0.1, 0.15) is 31.7 Å². The van der Waals surface area contributed by atoms with Gasteiger partial charge >= 0.3 is 6.09 Å². The summed E-state index contributed by atoms with van der Waals surface area (Å²) < 4.78 is 10.7. The zero-order valence-electron chi connectivity index (χ0n) is 15.6. The van der Waals surface area contributed by atoms with E-state index in [0.29, 0.717) is 24.8 Å². The van der Waals surface area contributed by atoms with Gasteiger partial charge in [-0.3, -0.25) is 9.69 Å². The van der Waals surface area contributed by atoms with Gasteiger partial charge in [-0.1, -0.05) is 32.0 Å². The molecule has 0 aliphatic carbocycles. The molecule has 6 heteroatoms. The summed E-state index contributed by atoms with van der Waals surface area (Å²) in [7, 11) is 0. The van der Waals surface area contributed by atoms with Crippen LogP contribution in [-0.4, -0.2) is 31.8 Å². The molecule has 1 saturated heterocycles. The average molecular weight is 368 g/mol. The highest BCUT2D eigenvalue weighted by Gasteiger charge is 2.23. The number of anilines is 2. The molecule has 2 aromatic carbocycles. The summed E-state index contributed by atoms with van der Waals surface area (Å²) in [5.41, 5.74) is 2.50. The van der Waals surface area contributed by atoms with E-state index < -0.39 is 0 Å². The molecule has 1 heterocycles. The van der Waals surface area contributed by atoms with Crippen LogP contribution in [0.15, 0.2) is 48.5 Å². The van der Waals surface area contributed by atoms with Gasteiger partial charge in [0.2, 0.25) is 0 Å². The monoisotopic (exact) mass is 368 g/mol. The number of hydrogen-bond donors (Lipinski definition) is 1. The van der Waals surface area contributed by atoms with Crippen LogP contribution in [0.5, 0.6) is 5.75 Å². The van der Waals surface area contributed by atoms with Crippen molar-refractivity contribution >= 4 is 23.4 Å². The molecule has 6 nitrogen and oxygen atoms in total. The Morgan fingerprint density at radius 1 is 1.22 bits per heavy atom. The van der Waals surface area contributed by atoms with Crippen molar-refractivity contribution in [3.8, 4) is 5.75 Å². The smallest absolute Gasteiger partial charge is 0.414 e. The highest BCUT2D eigenvalue weighted by Crippen LogP contribution is 2.28. The van der Waals surface area contributed by atoms with Gasteiger partial charge in [0.05, 0.1) is 6.54 Å². The molecule has 27 heavy (non-hydrogen) atoms. The zero-order valence-corrected chi connectivity index (χ0v) is 15.6. The number of carbonyl (C=O) groups excluding carboxylic acids is 2. The van der Waals surface area contributed by atoms with Crippen LogP contribution < -0.4 is 15.0 Å². The summed E-state index contributed by atoms with van der Waals surface area (Å²) in [6, 6.07) is 14.9. The highest BCUT2D eigenvalue weighted by molar-refractivity contribution is 5.93. The molecule has 1 atom stereocenters. The molecule has 0 spiro atoms. The summed E-state index contributed by atoms with van der Waals surface area (Å²) in [6.07, 6.45) is 0.656. The molecule has 1 unspecified atom stereocenters. The van der Waals surface area contributed by atoms with Crippen molar-refractivity contribution in [2.45, 2.75) is 26.2 Å². The molecule has 2 amide bonds. The normalized spacial score (nSPS) is 14.6. The minimum Gasteiger partial charge on any atom is -0.483 e. The van der Waals surface area contributed by atoms with Crippen molar-refractivity contribution in [2.24, 2.45) is 0 Å². The third kappa shape index (κ3) is 4.58. The summed E-state index contributed by atoms with van der Waals surface area (Å²) in [5, 5.41) is 2.81. The maximum Gasteiger partial charge on any atom is 0.414 e. The number of amides is 2. The molecule has 3 rings (SSSR count). The van der Waals surface area contributed by atoms with E-state index in [1.807, 2.05) is 24.3 Å². The van der Waals surface area contributed by atoms with Gasteiger partial charge in [-0.2, -0.15) is 0 Å². The fourth-order valence-corrected chi connectivity index (χ4v) is 2.93. The van der Waals surface area contributed by atoms with E-state index in [1.54, 1.807) is 29.2 Å². The summed E-state index contributed by atoms with van der Waals surface area (Å²) in [6.45, 7) is 5.13. The molecule has 1 fully saturated rings. The van der Waals surface area contributed by atoms with Crippen LogP contribution in [0.25, 0.3) is 0 Å². The van der Waals surface area contributed by atoms with E-state index in [0.717, 1.165) is 23.4 Å². The molecule has 0 aromatic heterocycles. The summed E-state index contributed by atoms with van der Waals surface area (Å²) in [4.78, 5) is 25.3. The minimum atomic E-state index is -0.347. The summed E-state index contributed by atoms with van der Waals surface area (Å²) >= 11 is 0. The molecular weight excluding hydrogens is 344 g/mol. The van der Waals surface area contributed by atoms with Gasteiger partial charge in [0.25, 0.3) is 5.91 Å². The van der Waals surface area contributed by atoms with Crippen LogP contribution in [0, 0.1) is 0 Å². The standard InChI is InChI=1S/C21H24N2O4/c1-3-15(2)18-6-4-5-7-19(18)27-14-20(24)22-16-8-10-17(11-9-16)23-12-13-26-21(23)25/h4-11,15H,3,12-14H2,1-2H3,(H,22,24). The second-order valence-electron chi connectivity index (χ2n) is 6.50. The maximum absolute atomic E-state index is 12.2. The van der Waals surface area contributed by atoms with Gasteiger partial charge in [0, 0.05) is 11.4 Å². The third-order valence-electron chi connectivity index (χ3n) is 4.64. The maximum atomic E-state index is 12.2. The Kier molecular flexibility index (Phi) is 5.96. The second kappa shape index (κ2) is 8.58. The first kappa shape index (κ1) is 18.8. The van der Waals surface area contributed by atoms with Crippen molar-refractivity contribution in [1.82, 2.24) is 0 Å². The lowest BCUT2D eigenvalue weighted by Gasteiger charge is -2.16. The van der Waals surface area contributed by atoms with Crippen LogP contribution >= 0.6 is 0 Å². The van der Waals surface area contributed by atoms with E-state index in [4.69, 9.17) is 9.47 Å². The van der Waals surface area contributed by atoms with Crippen LogP contribution in [0.2, 0.25) is 0 Å². The lowest BCUT2D eigenvalue weighted by molar-refractivity contribution is -0.118. The van der Waals surface area contributed by atoms with Gasteiger partial charge in [0.15, 0.2) is 6.61 Å². The lowest BCUT2D eigenvalue weighted by atomic mass is 9.98. The Labute approximate surface area is 159 Å². The zero-order chi connectivity index (χ0) is 19.2. The topological polar surface area (TPSA) is 67.9 Å². The quantitative estimate of drug-likeness (QED) is 0.796. The molecule has 0 bridgehead atoms. The van der Waals surface area contributed by atoms with Gasteiger partial charge in [-0.15, -0.1) is 0 Å². The van der Waals surface area contributed by atoms with E-state index in [1.165, 1.54) is 0 Å². The molecule has 0 radical (unpaired) electrons. The van der Waals surface area contributed by atoms with Crippen LogP contribution in [-0.2, 0) is 9.53 Å². The van der Waals surface area contributed by atoms with Gasteiger partial charge in [-0.25, -0.2) is 4.79 Å². The lowest BCUT2D eigenvalue weighted by Crippen LogP contribution is -2.23. The number of para-hydroxylation sites is 1. The van der Waals surface area contributed by atoms with Crippen molar-refractivity contribution in [1.29, 1.82) is 0 Å². The average Bonchev–Trinajstić information content (AvgIpc) is 3.12. The Morgan fingerprint density at radius 2 is 1.96 bits per heavy atom. The van der Waals surface area contributed by atoms with E-state index in [2.05, 4.69) is 19.2 Å². The SMILES string of the molecule is CCC(C)c1ccccc1OCC(=O)Nc1ccc(N2CCOC2=O)cc1. The van der Waals surface area contributed by atoms with E-state index >= 15 is 0 Å². The van der Waals surface area contributed by atoms with Gasteiger partial charge < -0.3 is 14.8 Å². The van der Waals surface area contributed by atoms with Gasteiger partial charge in [-0.05, 0) is 48.2 Å². The molecular formula is C21H24N2O4. The Hall–Kier alpha value is -3.02. The first-order valence-corrected chi connectivity index (χ1v) is 9.14. The number of hydrogen-bond acceptors (Lipinski definition) is 4. The number of ether oxygens (including phenoxy) is 2. The summed E-state index contributed by atoms with van der Waals surface area (Å²) in [5.74, 6) is 0.876. The fraction of sp³-hybridized carbons (Fsp3) is 0.333. The van der Waals surface area contributed by atoms with Crippen molar-refractivity contribution in [2.75, 3.05) is 30.0 Å². The van der Waals surface area contributed by atoms with Crippen molar-refractivity contribution in [3.05, 3.63) is 54.1 Å². The molecule has 142 valence electrons. The number of carbonyl (C=O) groups is 2. The highest BCUT2D eigenvalue weighted by atomic mass is 16.6.